The van der Waals surface area contributed by atoms with Gasteiger partial charge in [0, 0.05) is 21.1 Å². The lowest BCUT2D eigenvalue weighted by Gasteiger charge is -2.13. The average Bonchev–Trinajstić information content (AvgIpc) is 2.65. The number of rotatable bonds is 0. The number of hydrogen-bond donors (Lipinski definition) is 0. The summed E-state index contributed by atoms with van der Waals surface area (Å²) >= 11 is 3.52. The second kappa shape index (κ2) is 2.86. The van der Waals surface area contributed by atoms with Gasteiger partial charge in [-0.05, 0) is 6.07 Å². The molecule has 1 aliphatic rings. The Morgan fingerprint density at radius 1 is 1.31 bits per heavy atom. The van der Waals surface area contributed by atoms with E-state index in [0.717, 1.165) is 11.4 Å². The van der Waals surface area contributed by atoms with Gasteiger partial charge >= 0.3 is 0 Å². The minimum Gasteiger partial charge on any atom is -0.233 e. The molecule has 1 aromatic heterocycles. The molecule has 1 nitrogen and oxygen atoms in total. The monoisotopic (exact) mass is 204 g/mol. The maximum atomic E-state index is 4.28. The molecule has 0 atom stereocenters. The fourth-order valence-corrected chi connectivity index (χ4v) is 3.30. The van der Waals surface area contributed by atoms with Crippen LogP contribution in [0.2, 0.25) is 0 Å². The Bertz CT molecular complexity index is 448. The Morgan fingerprint density at radius 3 is 3.23 bits per heavy atom. The molecular weight excluding hydrogens is 198 g/mol. The second-order valence-corrected chi connectivity index (χ2v) is 4.76. The zero-order valence-electron chi connectivity index (χ0n) is 6.78. The van der Waals surface area contributed by atoms with Crippen molar-refractivity contribution in [1.29, 1.82) is 0 Å². The molecule has 3 heteroatoms. The molecule has 0 spiro atoms. The topological polar surface area (TPSA) is 12.9 Å². The van der Waals surface area contributed by atoms with Crippen LogP contribution in [0.15, 0.2) is 29.2 Å². The van der Waals surface area contributed by atoms with Crippen molar-refractivity contribution >= 4 is 23.1 Å². The van der Waals surface area contributed by atoms with Crippen LogP contribution >= 0.6 is 23.1 Å². The Labute approximate surface area is 84.8 Å². The van der Waals surface area contributed by atoms with Gasteiger partial charge in [-0.1, -0.05) is 18.2 Å². The number of thioether (sulfide) groups is 1. The van der Waals surface area contributed by atoms with Crippen molar-refractivity contribution < 1.29 is 0 Å². The van der Waals surface area contributed by atoms with E-state index in [1.807, 2.05) is 11.8 Å². The minimum atomic E-state index is 1.05. The second-order valence-electron chi connectivity index (χ2n) is 2.86. The molecule has 2 aromatic rings. The molecule has 13 heavy (non-hydrogen) atoms. The number of benzene rings is 1. The molecule has 1 aliphatic heterocycles. The molecule has 0 saturated heterocycles. The molecule has 0 fully saturated rings. The van der Waals surface area contributed by atoms with Crippen LogP contribution in [0.3, 0.4) is 0 Å². The number of nitrogens with zero attached hydrogens (tertiary/aromatic N) is 1. The van der Waals surface area contributed by atoms with Crippen LogP contribution in [0.4, 0.5) is 0 Å². The van der Waals surface area contributed by atoms with Crippen LogP contribution in [0.1, 0.15) is 4.88 Å². The van der Waals surface area contributed by atoms with E-state index in [2.05, 4.69) is 34.8 Å². The quantitative estimate of drug-likeness (QED) is 0.653. The lowest BCUT2D eigenvalue weighted by atomic mass is 10.1. The summed E-state index contributed by atoms with van der Waals surface area (Å²) in [7, 11) is 0. The van der Waals surface area contributed by atoms with Crippen LogP contribution in [0, 0.1) is 5.51 Å². The van der Waals surface area contributed by atoms with E-state index in [-0.39, 0.29) is 0 Å². The van der Waals surface area contributed by atoms with Crippen molar-refractivity contribution in [1.82, 2.24) is 4.98 Å². The lowest BCUT2D eigenvalue weighted by Crippen LogP contribution is -1.92. The third-order valence-corrected chi connectivity index (χ3v) is 4.14. The first-order valence-corrected chi connectivity index (χ1v) is 5.83. The predicted octanol–water partition coefficient (Wildman–Crippen LogP) is 3.22. The van der Waals surface area contributed by atoms with Gasteiger partial charge in [0.05, 0.1) is 5.69 Å². The summed E-state index contributed by atoms with van der Waals surface area (Å²) in [6.07, 6.45) is 0. The number of hydrogen-bond acceptors (Lipinski definition) is 3. The van der Waals surface area contributed by atoms with E-state index in [4.69, 9.17) is 0 Å². The lowest BCUT2D eigenvalue weighted by molar-refractivity contribution is 1.28. The molecule has 0 unspecified atom stereocenters. The van der Waals surface area contributed by atoms with Crippen molar-refractivity contribution in [3.63, 3.8) is 0 Å². The summed E-state index contributed by atoms with van der Waals surface area (Å²) in [5.41, 5.74) is 5.37. The SMILES string of the molecule is [c]1nc2c(s1)CSc1ccccc1-2. The van der Waals surface area contributed by atoms with Gasteiger partial charge in [0.1, 0.15) is 0 Å². The standard InChI is InChI=1S/C10H6NS2/c1-2-4-8-7(3-1)10-9(5-12-8)13-6-11-10/h1-4H,5H2. The highest BCUT2D eigenvalue weighted by molar-refractivity contribution is 7.98. The molecular formula is C10H6NS2. The normalized spacial score (nSPS) is 13.5. The molecule has 2 heterocycles. The van der Waals surface area contributed by atoms with Gasteiger partial charge in [0.15, 0.2) is 5.51 Å². The predicted molar refractivity (Wildman–Crippen MR) is 55.9 cm³/mol. The van der Waals surface area contributed by atoms with E-state index in [0.29, 0.717) is 0 Å². The van der Waals surface area contributed by atoms with Crippen molar-refractivity contribution in [3.8, 4) is 11.3 Å². The van der Waals surface area contributed by atoms with Crippen molar-refractivity contribution in [2.24, 2.45) is 0 Å². The van der Waals surface area contributed by atoms with Gasteiger partial charge in [-0.25, -0.2) is 4.98 Å². The molecule has 0 saturated carbocycles. The third-order valence-electron chi connectivity index (χ3n) is 2.09. The minimum absolute atomic E-state index is 1.05. The molecule has 0 N–H and O–H groups in total. The third kappa shape index (κ3) is 1.11. The van der Waals surface area contributed by atoms with Crippen LogP contribution in [0.25, 0.3) is 11.3 Å². The first-order valence-electron chi connectivity index (χ1n) is 4.03. The van der Waals surface area contributed by atoms with E-state index < -0.39 is 0 Å². The highest BCUT2D eigenvalue weighted by Crippen LogP contribution is 2.41. The summed E-state index contributed by atoms with van der Waals surface area (Å²) < 4.78 is 0. The van der Waals surface area contributed by atoms with Crippen LogP contribution < -0.4 is 0 Å². The van der Waals surface area contributed by atoms with Gasteiger partial charge in [-0.2, -0.15) is 0 Å². The summed E-state index contributed by atoms with van der Waals surface area (Å²) in [5, 5.41) is 0. The fourth-order valence-electron chi connectivity index (χ4n) is 1.47. The van der Waals surface area contributed by atoms with Gasteiger partial charge in [-0.3, -0.25) is 0 Å². The van der Waals surface area contributed by atoms with Gasteiger partial charge in [0.25, 0.3) is 0 Å². The fraction of sp³-hybridized carbons (Fsp3) is 0.100. The molecule has 1 radical (unpaired) electrons. The summed E-state index contributed by atoms with van der Waals surface area (Å²) in [6.45, 7) is 0. The Hall–Kier alpha value is -0.800. The van der Waals surface area contributed by atoms with E-state index >= 15 is 0 Å². The van der Waals surface area contributed by atoms with Crippen LogP contribution in [-0.2, 0) is 5.75 Å². The molecule has 63 valence electrons. The van der Waals surface area contributed by atoms with Crippen molar-refractivity contribution in [2.75, 3.05) is 0 Å². The number of fused-ring (bicyclic) bond motifs is 3. The first kappa shape index (κ1) is 7.59. The zero-order valence-corrected chi connectivity index (χ0v) is 8.41. The van der Waals surface area contributed by atoms with Crippen molar-refractivity contribution in [3.05, 3.63) is 34.7 Å². The summed E-state index contributed by atoms with van der Waals surface area (Å²) in [5.74, 6) is 1.05. The molecule has 0 amide bonds. The average molecular weight is 204 g/mol. The van der Waals surface area contributed by atoms with Gasteiger partial charge in [0.2, 0.25) is 0 Å². The summed E-state index contributed by atoms with van der Waals surface area (Å²) in [4.78, 5) is 6.97. The largest absolute Gasteiger partial charge is 0.233 e. The van der Waals surface area contributed by atoms with Crippen molar-refractivity contribution in [2.45, 2.75) is 10.6 Å². The summed E-state index contributed by atoms with van der Waals surface area (Å²) in [6, 6.07) is 8.43. The van der Waals surface area contributed by atoms with Crippen LogP contribution in [0.5, 0.6) is 0 Å². The Kier molecular flexibility index (Phi) is 1.67. The molecule has 0 bridgehead atoms. The first-order chi connectivity index (χ1) is 6.45. The maximum Gasteiger partial charge on any atom is 0.153 e. The number of aromatic nitrogens is 1. The van der Waals surface area contributed by atoms with Crippen LogP contribution in [-0.4, -0.2) is 4.98 Å². The highest BCUT2D eigenvalue weighted by Gasteiger charge is 2.17. The van der Waals surface area contributed by atoms with E-state index in [1.54, 1.807) is 11.3 Å². The Morgan fingerprint density at radius 2 is 2.23 bits per heavy atom. The van der Waals surface area contributed by atoms with E-state index in [9.17, 15) is 0 Å². The zero-order chi connectivity index (χ0) is 8.67. The molecule has 1 aromatic carbocycles. The maximum absolute atomic E-state index is 4.28. The Balaban J connectivity index is 2.30. The van der Waals surface area contributed by atoms with Gasteiger partial charge in [-0.15, -0.1) is 23.1 Å². The van der Waals surface area contributed by atoms with E-state index in [1.165, 1.54) is 15.3 Å². The molecule has 3 rings (SSSR count). The smallest absolute Gasteiger partial charge is 0.153 e. The molecule has 0 aliphatic carbocycles. The highest BCUT2D eigenvalue weighted by atomic mass is 32.2. The van der Waals surface area contributed by atoms with Gasteiger partial charge < -0.3 is 0 Å². The number of thiazole rings is 1.